The van der Waals surface area contributed by atoms with Gasteiger partial charge in [-0.25, -0.2) is 0 Å². The van der Waals surface area contributed by atoms with Crippen LogP contribution in [-0.4, -0.2) is 17.0 Å². The SMILES string of the molecule is CCC[CH2][Sn]([CH2]CCC)([CH2]CCC)[S]c1cccc[n+]1[O-]. The molecule has 0 radical (unpaired) electrons. The molecule has 2 nitrogen and oxygen atoms in total. The van der Waals surface area contributed by atoms with E-state index in [2.05, 4.69) is 20.8 Å². The summed E-state index contributed by atoms with van der Waals surface area (Å²) in [4.78, 5) is 0. The zero-order chi connectivity index (χ0) is 15.6. The van der Waals surface area contributed by atoms with E-state index < -0.39 is 17.0 Å². The van der Waals surface area contributed by atoms with Gasteiger partial charge in [0.2, 0.25) is 0 Å². The molecule has 0 bridgehead atoms. The molecule has 120 valence electrons. The Kier molecular flexibility index (Phi) is 9.81. The van der Waals surface area contributed by atoms with Crippen LogP contribution in [0.15, 0.2) is 29.4 Å². The van der Waals surface area contributed by atoms with Crippen molar-refractivity contribution in [1.29, 1.82) is 0 Å². The van der Waals surface area contributed by atoms with E-state index in [0.717, 1.165) is 9.76 Å². The molecule has 1 heterocycles. The summed E-state index contributed by atoms with van der Waals surface area (Å²) in [6.45, 7) is 6.87. The monoisotopic (exact) mass is 417 g/mol. The minimum atomic E-state index is -2.30. The number of hydrogen-bond acceptors (Lipinski definition) is 2. The molecule has 0 amide bonds. The molecular weight excluding hydrogens is 385 g/mol. The molecule has 0 atom stereocenters. The number of aromatic nitrogens is 1. The standard InChI is InChI=1S/C5H5NOS.3C4H9.Sn/c7-6-4-2-1-3-5(6)8;3*1-3-4-2;/h1-4,8H;3*1,3-4H2,2H3;/q;;;;+1/p-1. The third-order valence-corrected chi connectivity index (χ3v) is 25.5. The van der Waals surface area contributed by atoms with Crippen LogP contribution in [0, 0.1) is 5.21 Å². The molecule has 0 saturated carbocycles. The summed E-state index contributed by atoms with van der Waals surface area (Å²) in [5.41, 5.74) is 0. The fraction of sp³-hybridized carbons (Fsp3) is 0.706. The molecule has 1 aromatic rings. The second-order valence-corrected chi connectivity index (χ2v) is 25.2. The first kappa shape index (κ1) is 19.1. The van der Waals surface area contributed by atoms with Gasteiger partial charge in [0.1, 0.15) is 0 Å². The molecule has 1 rings (SSSR count). The zero-order valence-corrected chi connectivity index (χ0v) is 17.6. The van der Waals surface area contributed by atoms with Gasteiger partial charge in [-0.15, -0.1) is 0 Å². The van der Waals surface area contributed by atoms with E-state index in [1.54, 1.807) is 6.20 Å². The summed E-state index contributed by atoms with van der Waals surface area (Å²) >= 11 is -2.30. The fourth-order valence-electron chi connectivity index (χ4n) is 2.74. The van der Waals surface area contributed by atoms with E-state index in [9.17, 15) is 5.21 Å². The second-order valence-electron chi connectivity index (χ2n) is 5.96. The van der Waals surface area contributed by atoms with Crippen molar-refractivity contribution in [1.82, 2.24) is 0 Å². The second kappa shape index (κ2) is 10.8. The van der Waals surface area contributed by atoms with Gasteiger partial charge in [0, 0.05) is 0 Å². The predicted molar refractivity (Wildman–Crippen MR) is 96.2 cm³/mol. The Labute approximate surface area is 137 Å². The number of hydrogen-bond donors (Lipinski definition) is 0. The summed E-state index contributed by atoms with van der Waals surface area (Å²) < 4.78 is 5.39. The zero-order valence-electron chi connectivity index (χ0n) is 13.9. The van der Waals surface area contributed by atoms with E-state index >= 15 is 0 Å². The van der Waals surface area contributed by atoms with Crippen LogP contribution in [-0.2, 0) is 0 Å². The van der Waals surface area contributed by atoms with Gasteiger partial charge in [0.15, 0.2) is 0 Å². The van der Waals surface area contributed by atoms with Crippen LogP contribution in [0.25, 0.3) is 0 Å². The van der Waals surface area contributed by atoms with Gasteiger partial charge in [-0.05, 0) is 0 Å². The van der Waals surface area contributed by atoms with E-state index in [4.69, 9.17) is 0 Å². The van der Waals surface area contributed by atoms with Crippen LogP contribution >= 0.6 is 8.95 Å². The van der Waals surface area contributed by atoms with Crippen molar-refractivity contribution in [3.8, 4) is 0 Å². The Bertz CT molecular complexity index is 378. The van der Waals surface area contributed by atoms with Gasteiger partial charge in [0.05, 0.1) is 0 Å². The van der Waals surface area contributed by atoms with Crippen molar-refractivity contribution in [3.63, 3.8) is 0 Å². The molecule has 1 aromatic heterocycles. The molecule has 0 aliphatic carbocycles. The Balaban J connectivity index is 2.92. The van der Waals surface area contributed by atoms with Crippen LogP contribution in [0.1, 0.15) is 59.3 Å². The summed E-state index contributed by atoms with van der Waals surface area (Å²) in [7, 11) is 2.04. The van der Waals surface area contributed by atoms with E-state index in [0.29, 0.717) is 0 Å². The van der Waals surface area contributed by atoms with Crippen molar-refractivity contribution in [2.45, 2.75) is 77.6 Å². The summed E-state index contributed by atoms with van der Waals surface area (Å²) in [6.07, 6.45) is 9.54. The molecule has 0 saturated heterocycles. The van der Waals surface area contributed by atoms with E-state index in [1.807, 2.05) is 27.1 Å². The maximum absolute atomic E-state index is 12.0. The number of nitrogens with zero attached hydrogens (tertiary/aromatic N) is 1. The van der Waals surface area contributed by atoms with Crippen molar-refractivity contribution < 1.29 is 4.73 Å². The van der Waals surface area contributed by atoms with Gasteiger partial charge in [-0.2, -0.15) is 0 Å². The van der Waals surface area contributed by atoms with Crippen LogP contribution < -0.4 is 4.73 Å². The Morgan fingerprint density at radius 1 is 0.952 bits per heavy atom. The summed E-state index contributed by atoms with van der Waals surface area (Å²) in [5, 5.41) is 13.0. The van der Waals surface area contributed by atoms with Gasteiger partial charge >= 0.3 is 138 Å². The minimum absolute atomic E-state index is 0.955. The molecule has 21 heavy (non-hydrogen) atoms. The number of pyridine rings is 1. The third kappa shape index (κ3) is 6.81. The topological polar surface area (TPSA) is 26.9 Å². The van der Waals surface area contributed by atoms with Crippen molar-refractivity contribution in [2.75, 3.05) is 0 Å². The van der Waals surface area contributed by atoms with Crippen LogP contribution in [0.3, 0.4) is 0 Å². The molecule has 0 spiro atoms. The molecule has 0 N–H and O–H groups in total. The molecule has 0 aliphatic rings. The summed E-state index contributed by atoms with van der Waals surface area (Å²) in [6, 6.07) is 5.86. The average Bonchev–Trinajstić information content (AvgIpc) is 2.51. The molecule has 0 unspecified atom stereocenters. The molecule has 0 aromatic carbocycles. The molecule has 0 aliphatic heterocycles. The van der Waals surface area contributed by atoms with E-state index in [-0.39, 0.29) is 0 Å². The maximum atomic E-state index is 12.0. The number of unbranched alkanes of at least 4 members (excludes halogenated alkanes) is 3. The summed E-state index contributed by atoms with van der Waals surface area (Å²) in [5.74, 6) is 0. The first-order chi connectivity index (χ1) is 10.2. The van der Waals surface area contributed by atoms with Crippen molar-refractivity contribution in [2.24, 2.45) is 0 Å². The first-order valence-corrected chi connectivity index (χ1v) is 18.9. The first-order valence-electron chi connectivity index (χ1n) is 8.54. The van der Waals surface area contributed by atoms with Gasteiger partial charge < -0.3 is 0 Å². The Morgan fingerprint density at radius 2 is 1.48 bits per heavy atom. The molecular formula is C17H31NOSSn. The van der Waals surface area contributed by atoms with Crippen molar-refractivity contribution >= 4 is 25.9 Å². The van der Waals surface area contributed by atoms with Crippen molar-refractivity contribution in [3.05, 3.63) is 29.6 Å². The average molecular weight is 416 g/mol. The van der Waals surface area contributed by atoms with E-state index in [1.165, 1.54) is 51.8 Å². The van der Waals surface area contributed by atoms with Crippen LogP contribution in [0.5, 0.6) is 0 Å². The van der Waals surface area contributed by atoms with Gasteiger partial charge in [-0.1, -0.05) is 0 Å². The quantitative estimate of drug-likeness (QED) is 0.261. The molecule has 0 fully saturated rings. The normalized spacial score (nSPS) is 11.8. The Morgan fingerprint density at radius 3 is 1.90 bits per heavy atom. The number of rotatable bonds is 11. The fourth-order valence-corrected chi connectivity index (χ4v) is 25.1. The predicted octanol–water partition coefficient (Wildman–Crippen LogP) is 5.76. The van der Waals surface area contributed by atoms with Crippen LogP contribution in [0.4, 0.5) is 0 Å². The Hall–Kier alpha value is 0.0987. The molecule has 4 heteroatoms. The van der Waals surface area contributed by atoms with Gasteiger partial charge in [-0.3, -0.25) is 0 Å². The van der Waals surface area contributed by atoms with Gasteiger partial charge in [0.25, 0.3) is 0 Å². The third-order valence-electron chi connectivity index (χ3n) is 4.07. The van der Waals surface area contributed by atoms with Crippen LogP contribution in [0.2, 0.25) is 13.3 Å².